The summed E-state index contributed by atoms with van der Waals surface area (Å²) in [4.78, 5) is 25.4. The minimum atomic E-state index is -4.57. The van der Waals surface area contributed by atoms with Gasteiger partial charge in [-0.2, -0.15) is 0 Å². The molecule has 346 valence electrons. The highest BCUT2D eigenvalue weighted by atomic mass is 31.2. The Morgan fingerprint density at radius 3 is 1.51 bits per heavy atom. The number of amides is 1. The van der Waals surface area contributed by atoms with Crippen molar-refractivity contribution in [2.75, 3.05) is 40.9 Å². The summed E-state index contributed by atoms with van der Waals surface area (Å²) in [5.74, 6) is -0.174. The third-order valence-corrected chi connectivity index (χ3v) is 11.8. The van der Waals surface area contributed by atoms with Crippen molar-refractivity contribution < 1.29 is 32.9 Å². The van der Waals surface area contributed by atoms with E-state index in [9.17, 15) is 19.4 Å². The van der Waals surface area contributed by atoms with Gasteiger partial charge in [-0.3, -0.25) is 9.36 Å². The molecule has 1 amide bonds. The zero-order chi connectivity index (χ0) is 43.6. The molecule has 0 saturated carbocycles. The lowest BCUT2D eigenvalue weighted by molar-refractivity contribution is -0.870. The topological polar surface area (TPSA) is 108 Å². The van der Waals surface area contributed by atoms with Gasteiger partial charge in [0.25, 0.3) is 7.82 Å². The first-order chi connectivity index (χ1) is 28.5. The van der Waals surface area contributed by atoms with Crippen LogP contribution in [0.3, 0.4) is 0 Å². The van der Waals surface area contributed by atoms with E-state index in [4.69, 9.17) is 9.05 Å². The maximum absolute atomic E-state index is 12.9. The molecule has 2 N–H and O–H groups in total. The molecule has 0 aliphatic rings. The molecule has 0 bridgehead atoms. The Morgan fingerprint density at radius 1 is 0.610 bits per heavy atom. The van der Waals surface area contributed by atoms with Crippen molar-refractivity contribution in [3.63, 3.8) is 0 Å². The SMILES string of the molecule is CC/C=C\C/C=C\C/C=C\C/C=C\CCCCCCCCCCC(=O)NC(COP(=O)([O-])OCC[N+](C)(C)C)C(O)CCCCCCCCCCCCCCCCCC. The Hall–Kier alpha value is -1.54. The quantitative estimate of drug-likeness (QED) is 0.0274. The Morgan fingerprint density at radius 2 is 1.03 bits per heavy atom. The van der Waals surface area contributed by atoms with Crippen LogP contribution < -0.4 is 10.2 Å². The molecule has 3 atom stereocenters. The number of phosphoric acid groups is 1. The fourth-order valence-electron chi connectivity index (χ4n) is 6.97. The zero-order valence-corrected chi connectivity index (χ0v) is 40.1. The number of phosphoric ester groups is 1. The summed E-state index contributed by atoms with van der Waals surface area (Å²) in [6, 6.07) is -0.806. The molecule has 9 heteroatoms. The highest BCUT2D eigenvalue weighted by Crippen LogP contribution is 2.38. The highest BCUT2D eigenvalue weighted by Gasteiger charge is 2.24. The number of nitrogens with zero attached hydrogens (tertiary/aromatic N) is 1. The molecule has 0 aromatic heterocycles. The van der Waals surface area contributed by atoms with Crippen molar-refractivity contribution in [3.05, 3.63) is 48.6 Å². The first-order valence-electron chi connectivity index (χ1n) is 24.5. The standard InChI is InChI=1S/C50H95N2O6P/c1-6-8-10-12-14-16-18-20-22-24-25-26-27-28-30-32-34-36-38-40-42-44-50(54)51-48(47-58-59(55,56)57-46-45-52(3,4)5)49(53)43-41-39-37-35-33-31-29-23-21-19-17-15-13-11-9-7-2/h8,10,14,16,20,22,25-26,48-49,53H,6-7,9,11-13,15,17-19,21,23-24,27-47H2,1-5H3,(H-,51,54,55,56)/b10-8-,16-14-,22-20-,26-25-. The zero-order valence-electron chi connectivity index (χ0n) is 39.2. The summed E-state index contributed by atoms with van der Waals surface area (Å²) >= 11 is 0. The monoisotopic (exact) mass is 851 g/mol. The molecule has 8 nitrogen and oxygen atoms in total. The van der Waals surface area contributed by atoms with E-state index in [1.54, 1.807) is 0 Å². The molecule has 0 aromatic carbocycles. The third kappa shape index (κ3) is 44.3. The first kappa shape index (κ1) is 57.5. The van der Waals surface area contributed by atoms with E-state index in [0.717, 1.165) is 70.6 Å². The molecule has 0 radical (unpaired) electrons. The number of quaternary nitrogens is 1. The smallest absolute Gasteiger partial charge is 0.268 e. The van der Waals surface area contributed by atoms with Crippen molar-refractivity contribution in [1.82, 2.24) is 5.32 Å². The molecular formula is C50H95N2O6P. The van der Waals surface area contributed by atoms with Crippen molar-refractivity contribution in [3.8, 4) is 0 Å². The number of carbonyl (C=O) groups excluding carboxylic acids is 1. The van der Waals surface area contributed by atoms with E-state index >= 15 is 0 Å². The number of likely N-dealkylation sites (N-methyl/N-ethyl adjacent to an activating group) is 1. The van der Waals surface area contributed by atoms with Crippen molar-refractivity contribution in [1.29, 1.82) is 0 Å². The van der Waals surface area contributed by atoms with Crippen molar-refractivity contribution >= 4 is 13.7 Å². The van der Waals surface area contributed by atoms with Gasteiger partial charge < -0.3 is 28.8 Å². The van der Waals surface area contributed by atoms with Crippen LogP contribution in [0.15, 0.2) is 48.6 Å². The molecule has 0 rings (SSSR count). The minimum Gasteiger partial charge on any atom is -0.756 e. The Labute approximate surface area is 365 Å². The van der Waals surface area contributed by atoms with Crippen LogP contribution in [-0.4, -0.2) is 68.5 Å². The van der Waals surface area contributed by atoms with Gasteiger partial charge in [0.05, 0.1) is 39.9 Å². The summed E-state index contributed by atoms with van der Waals surface area (Å²) in [5.41, 5.74) is 0. The normalized spacial score (nSPS) is 14.6. The number of aliphatic hydroxyl groups is 1. The summed E-state index contributed by atoms with van der Waals surface area (Å²) in [6.07, 6.45) is 52.5. The molecule has 0 saturated heterocycles. The average Bonchev–Trinajstić information content (AvgIpc) is 3.19. The van der Waals surface area contributed by atoms with Crippen molar-refractivity contribution in [2.24, 2.45) is 0 Å². The van der Waals surface area contributed by atoms with Crippen LogP contribution in [0.5, 0.6) is 0 Å². The number of aliphatic hydroxyl groups excluding tert-OH is 1. The lowest BCUT2D eigenvalue weighted by atomic mass is 10.0. The second kappa shape index (κ2) is 41.8. The molecule has 0 heterocycles. The van der Waals surface area contributed by atoms with Gasteiger partial charge >= 0.3 is 0 Å². The predicted octanol–water partition coefficient (Wildman–Crippen LogP) is 13.4. The minimum absolute atomic E-state index is 0.00901. The fraction of sp³-hybridized carbons (Fsp3) is 0.820. The molecule has 0 fully saturated rings. The summed E-state index contributed by atoms with van der Waals surface area (Å²) in [6.45, 7) is 4.61. The number of allylic oxidation sites excluding steroid dienone is 8. The Kier molecular flexibility index (Phi) is 40.7. The largest absolute Gasteiger partial charge is 0.756 e. The fourth-order valence-corrected chi connectivity index (χ4v) is 7.69. The van der Waals surface area contributed by atoms with Crippen LogP contribution in [0.4, 0.5) is 0 Å². The van der Waals surface area contributed by atoms with Crippen LogP contribution in [0, 0.1) is 0 Å². The lowest BCUT2D eigenvalue weighted by Crippen LogP contribution is -2.46. The van der Waals surface area contributed by atoms with Gasteiger partial charge in [-0.25, -0.2) is 0 Å². The van der Waals surface area contributed by atoms with Gasteiger partial charge in [0.15, 0.2) is 0 Å². The Balaban J connectivity index is 4.31. The number of rotatable bonds is 44. The summed E-state index contributed by atoms with van der Waals surface area (Å²) in [5, 5.41) is 13.9. The first-order valence-corrected chi connectivity index (χ1v) is 25.9. The lowest BCUT2D eigenvalue weighted by Gasteiger charge is -2.30. The third-order valence-electron chi connectivity index (χ3n) is 10.8. The van der Waals surface area contributed by atoms with Gasteiger partial charge in [0, 0.05) is 6.42 Å². The predicted molar refractivity (Wildman–Crippen MR) is 251 cm³/mol. The summed E-state index contributed by atoms with van der Waals surface area (Å²) in [7, 11) is 1.30. The molecule has 0 spiro atoms. The highest BCUT2D eigenvalue weighted by molar-refractivity contribution is 7.45. The van der Waals surface area contributed by atoms with E-state index < -0.39 is 20.0 Å². The van der Waals surface area contributed by atoms with Crippen LogP contribution in [-0.2, 0) is 18.4 Å². The van der Waals surface area contributed by atoms with E-state index in [-0.39, 0.29) is 19.1 Å². The molecule has 0 aliphatic heterocycles. The number of carbonyl (C=O) groups is 1. The maximum Gasteiger partial charge on any atom is 0.268 e. The van der Waals surface area contributed by atoms with Crippen LogP contribution in [0.1, 0.15) is 213 Å². The number of hydrogen-bond donors (Lipinski definition) is 2. The van der Waals surface area contributed by atoms with Crippen LogP contribution >= 0.6 is 7.82 Å². The van der Waals surface area contributed by atoms with Crippen LogP contribution in [0.2, 0.25) is 0 Å². The van der Waals surface area contributed by atoms with E-state index in [0.29, 0.717) is 23.9 Å². The second-order valence-corrected chi connectivity index (χ2v) is 19.2. The molecule has 59 heavy (non-hydrogen) atoms. The van der Waals surface area contributed by atoms with E-state index in [2.05, 4.69) is 67.8 Å². The van der Waals surface area contributed by atoms with Crippen LogP contribution in [0.25, 0.3) is 0 Å². The summed E-state index contributed by atoms with van der Waals surface area (Å²) < 4.78 is 23.3. The number of hydrogen-bond acceptors (Lipinski definition) is 6. The second-order valence-electron chi connectivity index (χ2n) is 17.8. The number of unbranched alkanes of at least 4 members (excludes halogenated alkanes) is 23. The molecular weight excluding hydrogens is 756 g/mol. The average molecular weight is 851 g/mol. The van der Waals surface area contributed by atoms with E-state index in [1.165, 1.54) is 116 Å². The molecule has 0 aliphatic carbocycles. The van der Waals surface area contributed by atoms with Gasteiger partial charge in [0.2, 0.25) is 5.91 Å². The molecule has 3 unspecified atom stereocenters. The molecule has 0 aromatic rings. The number of nitrogens with one attached hydrogen (secondary N) is 1. The van der Waals surface area contributed by atoms with Gasteiger partial charge in [-0.05, 0) is 51.4 Å². The van der Waals surface area contributed by atoms with Gasteiger partial charge in [-0.1, -0.05) is 204 Å². The maximum atomic E-state index is 12.9. The Bertz CT molecular complexity index is 1100. The van der Waals surface area contributed by atoms with Gasteiger partial charge in [0.1, 0.15) is 13.2 Å². The van der Waals surface area contributed by atoms with E-state index in [1.807, 2.05) is 21.1 Å². The van der Waals surface area contributed by atoms with Crippen molar-refractivity contribution in [2.45, 2.75) is 225 Å². The van der Waals surface area contributed by atoms with Gasteiger partial charge in [-0.15, -0.1) is 0 Å².